The molecular formula is C22H22N4O2. The Morgan fingerprint density at radius 1 is 1.07 bits per heavy atom. The Hall–Kier alpha value is -3.25. The molecule has 0 radical (unpaired) electrons. The first-order valence-electron chi connectivity index (χ1n) is 9.31. The van der Waals surface area contributed by atoms with Gasteiger partial charge in [0.15, 0.2) is 0 Å². The number of ether oxygens (including phenoxy) is 1. The molecule has 1 aliphatic rings. The van der Waals surface area contributed by atoms with Crippen LogP contribution in [0.25, 0.3) is 27.6 Å². The van der Waals surface area contributed by atoms with Crippen LogP contribution in [-0.4, -0.2) is 35.1 Å². The number of carbonyl (C=O) groups excluding carboxylic acids is 1. The zero-order valence-corrected chi connectivity index (χ0v) is 15.5. The molecule has 4 rings (SSSR count). The smallest absolute Gasteiger partial charge is 0.248 e. The highest BCUT2D eigenvalue weighted by atomic mass is 16.5. The van der Waals surface area contributed by atoms with Crippen LogP contribution >= 0.6 is 0 Å². The van der Waals surface area contributed by atoms with Crippen LogP contribution < -0.4 is 11.1 Å². The molecule has 0 saturated carbocycles. The van der Waals surface area contributed by atoms with Crippen molar-refractivity contribution in [3.63, 3.8) is 0 Å². The molecule has 6 heteroatoms. The summed E-state index contributed by atoms with van der Waals surface area (Å²) < 4.78 is 5.44. The minimum Gasteiger partial charge on any atom is -0.381 e. The van der Waals surface area contributed by atoms with Crippen LogP contribution in [0, 0.1) is 0 Å². The third-order valence-electron chi connectivity index (χ3n) is 5.07. The van der Waals surface area contributed by atoms with Gasteiger partial charge in [0.05, 0.1) is 5.52 Å². The maximum Gasteiger partial charge on any atom is 0.248 e. The maximum atomic E-state index is 11.7. The molecule has 0 atom stereocenters. The fourth-order valence-corrected chi connectivity index (χ4v) is 3.57. The highest BCUT2D eigenvalue weighted by molar-refractivity contribution is 6.20. The van der Waals surface area contributed by atoms with Crippen LogP contribution in [0.4, 0.5) is 5.82 Å². The van der Waals surface area contributed by atoms with Crippen LogP contribution in [0.1, 0.15) is 18.4 Å². The lowest BCUT2D eigenvalue weighted by atomic mass is 9.93. The van der Waals surface area contributed by atoms with Crippen LogP contribution in [0.2, 0.25) is 0 Å². The molecule has 0 spiro atoms. The number of nitrogens with two attached hydrogens (primary N) is 1. The molecule has 1 aromatic heterocycles. The number of hydrogen-bond donors (Lipinski definition) is 2. The summed E-state index contributed by atoms with van der Waals surface area (Å²) in [7, 11) is 0. The van der Waals surface area contributed by atoms with E-state index in [9.17, 15) is 4.79 Å². The van der Waals surface area contributed by atoms with Gasteiger partial charge in [-0.1, -0.05) is 43.0 Å². The average molecular weight is 374 g/mol. The summed E-state index contributed by atoms with van der Waals surface area (Å²) in [5.41, 5.74) is 9.05. The molecule has 1 amide bonds. The minimum absolute atomic E-state index is 0.280. The van der Waals surface area contributed by atoms with Crippen molar-refractivity contribution in [3.05, 3.63) is 60.9 Å². The molecule has 0 bridgehead atoms. The van der Waals surface area contributed by atoms with Crippen molar-refractivity contribution in [2.24, 2.45) is 5.73 Å². The number of para-hydroxylation sites is 1. The maximum absolute atomic E-state index is 11.7. The number of hydrogen-bond acceptors (Lipinski definition) is 5. The van der Waals surface area contributed by atoms with Gasteiger partial charge in [0.1, 0.15) is 12.1 Å². The van der Waals surface area contributed by atoms with E-state index in [-0.39, 0.29) is 5.57 Å². The zero-order valence-electron chi connectivity index (χ0n) is 15.5. The van der Waals surface area contributed by atoms with E-state index < -0.39 is 5.91 Å². The first-order valence-corrected chi connectivity index (χ1v) is 9.31. The second kappa shape index (κ2) is 7.78. The lowest BCUT2D eigenvalue weighted by molar-refractivity contribution is -0.112. The minimum atomic E-state index is -0.538. The van der Waals surface area contributed by atoms with Crippen LogP contribution in [-0.2, 0) is 9.53 Å². The number of rotatable bonds is 5. The lowest BCUT2D eigenvalue weighted by Gasteiger charge is -2.24. The quantitative estimate of drug-likeness (QED) is 0.668. The zero-order chi connectivity index (χ0) is 19.5. The molecule has 2 aromatic carbocycles. The van der Waals surface area contributed by atoms with E-state index in [1.54, 1.807) is 6.33 Å². The van der Waals surface area contributed by atoms with Crippen molar-refractivity contribution in [2.75, 3.05) is 18.5 Å². The standard InChI is InChI=1S/C22H22N4O2/c1-14(21(23)27)16-5-2-3-6-17(16)18-7-4-8-19-20(18)24-13-25-22(19)26-15-9-11-28-12-10-15/h2-8,13,15H,1,9-12H2,(H2,23,27)(H,24,25,26). The van der Waals surface area contributed by atoms with Gasteiger partial charge in [0.25, 0.3) is 0 Å². The molecule has 0 aliphatic carbocycles. The molecule has 1 saturated heterocycles. The van der Waals surface area contributed by atoms with Gasteiger partial charge in [-0.05, 0) is 30.0 Å². The van der Waals surface area contributed by atoms with Gasteiger partial charge in [-0.15, -0.1) is 0 Å². The number of fused-ring (bicyclic) bond motifs is 1. The van der Waals surface area contributed by atoms with Gasteiger partial charge in [-0.2, -0.15) is 0 Å². The predicted molar refractivity (Wildman–Crippen MR) is 111 cm³/mol. The van der Waals surface area contributed by atoms with Crippen molar-refractivity contribution in [3.8, 4) is 11.1 Å². The third-order valence-corrected chi connectivity index (χ3v) is 5.07. The molecule has 0 unspecified atom stereocenters. The van der Waals surface area contributed by atoms with E-state index >= 15 is 0 Å². The molecular weight excluding hydrogens is 352 g/mol. The summed E-state index contributed by atoms with van der Waals surface area (Å²) in [5.74, 6) is 0.272. The van der Waals surface area contributed by atoms with Crippen molar-refractivity contribution in [1.29, 1.82) is 0 Å². The van der Waals surface area contributed by atoms with Gasteiger partial charge in [0, 0.05) is 35.8 Å². The summed E-state index contributed by atoms with van der Waals surface area (Å²) >= 11 is 0. The highest BCUT2D eigenvalue weighted by Crippen LogP contribution is 2.34. The van der Waals surface area contributed by atoms with E-state index in [2.05, 4.69) is 21.9 Å². The molecule has 1 fully saturated rings. The van der Waals surface area contributed by atoms with E-state index in [4.69, 9.17) is 10.5 Å². The second-order valence-electron chi connectivity index (χ2n) is 6.84. The Morgan fingerprint density at radius 3 is 2.61 bits per heavy atom. The SMILES string of the molecule is C=C(C(N)=O)c1ccccc1-c1cccc2c(NC3CCOCC3)ncnc12. The first-order chi connectivity index (χ1) is 13.6. The van der Waals surface area contributed by atoms with E-state index in [1.165, 1.54) is 0 Å². The summed E-state index contributed by atoms with van der Waals surface area (Å²) in [4.78, 5) is 20.7. The normalized spacial score (nSPS) is 14.7. The third kappa shape index (κ3) is 3.46. The highest BCUT2D eigenvalue weighted by Gasteiger charge is 2.18. The Morgan fingerprint density at radius 2 is 1.82 bits per heavy atom. The predicted octanol–water partition coefficient (Wildman–Crippen LogP) is 3.39. The number of nitrogens with one attached hydrogen (secondary N) is 1. The number of anilines is 1. The van der Waals surface area contributed by atoms with E-state index in [0.717, 1.165) is 53.9 Å². The Bertz CT molecular complexity index is 1040. The van der Waals surface area contributed by atoms with Crippen LogP contribution in [0.3, 0.4) is 0 Å². The monoisotopic (exact) mass is 374 g/mol. The summed E-state index contributed by atoms with van der Waals surface area (Å²) in [6, 6.07) is 13.9. The fraction of sp³-hybridized carbons (Fsp3) is 0.227. The molecule has 28 heavy (non-hydrogen) atoms. The van der Waals surface area contributed by atoms with Gasteiger partial charge in [-0.3, -0.25) is 4.79 Å². The molecule has 6 nitrogen and oxygen atoms in total. The van der Waals surface area contributed by atoms with Gasteiger partial charge < -0.3 is 15.8 Å². The summed E-state index contributed by atoms with van der Waals surface area (Å²) in [6.07, 6.45) is 3.47. The molecule has 1 aliphatic heterocycles. The first kappa shape index (κ1) is 18.1. The molecule has 2 heterocycles. The van der Waals surface area contributed by atoms with Gasteiger partial charge in [0.2, 0.25) is 5.91 Å². The average Bonchev–Trinajstić information content (AvgIpc) is 2.74. The van der Waals surface area contributed by atoms with Crippen molar-refractivity contribution in [1.82, 2.24) is 9.97 Å². The van der Waals surface area contributed by atoms with Crippen molar-refractivity contribution >= 4 is 28.2 Å². The van der Waals surface area contributed by atoms with Crippen LogP contribution in [0.5, 0.6) is 0 Å². The van der Waals surface area contributed by atoms with Gasteiger partial charge >= 0.3 is 0 Å². The van der Waals surface area contributed by atoms with Gasteiger partial charge in [-0.25, -0.2) is 9.97 Å². The fourth-order valence-electron chi connectivity index (χ4n) is 3.57. The number of aromatic nitrogens is 2. The summed E-state index contributed by atoms with van der Waals surface area (Å²) in [5, 5.41) is 4.47. The number of nitrogens with zero attached hydrogens (tertiary/aromatic N) is 2. The topological polar surface area (TPSA) is 90.1 Å². The molecule has 142 valence electrons. The molecule has 3 aromatic rings. The van der Waals surface area contributed by atoms with Crippen LogP contribution in [0.15, 0.2) is 55.4 Å². The van der Waals surface area contributed by atoms with E-state index in [1.807, 2.05) is 42.5 Å². The number of benzene rings is 2. The number of carbonyl (C=O) groups is 1. The number of amides is 1. The second-order valence-corrected chi connectivity index (χ2v) is 6.84. The lowest BCUT2D eigenvalue weighted by Crippen LogP contribution is -2.28. The number of primary amides is 1. The Kier molecular flexibility index (Phi) is 5.04. The van der Waals surface area contributed by atoms with E-state index in [0.29, 0.717) is 11.6 Å². The largest absolute Gasteiger partial charge is 0.381 e. The van der Waals surface area contributed by atoms with Crippen molar-refractivity contribution in [2.45, 2.75) is 18.9 Å². The Labute approximate surface area is 163 Å². The summed E-state index contributed by atoms with van der Waals surface area (Å²) in [6.45, 7) is 5.37. The van der Waals surface area contributed by atoms with Crippen molar-refractivity contribution < 1.29 is 9.53 Å². The Balaban J connectivity index is 1.81. The molecule has 3 N–H and O–H groups in total.